The van der Waals surface area contributed by atoms with Gasteiger partial charge in [-0.3, -0.25) is 0 Å². The third-order valence-corrected chi connectivity index (χ3v) is 2.05. The Morgan fingerprint density at radius 3 is 3.09 bits per heavy atom. The maximum atomic E-state index is 5.54. The smallest absolute Gasteiger partial charge is 0.0703 e. The van der Waals surface area contributed by atoms with Crippen molar-refractivity contribution in [3.05, 3.63) is 0 Å². The molecule has 0 aromatic heterocycles. The van der Waals surface area contributed by atoms with Crippen molar-refractivity contribution in [2.45, 2.75) is 18.9 Å². The van der Waals surface area contributed by atoms with Crippen LogP contribution in [0.15, 0.2) is 0 Å². The highest BCUT2D eigenvalue weighted by Crippen LogP contribution is 2.10. The number of nitrogens with zero attached hydrogens (tertiary/aromatic N) is 1. The number of rotatable bonds is 3. The quantitative estimate of drug-likeness (QED) is 0.631. The van der Waals surface area contributed by atoms with E-state index in [9.17, 15) is 0 Å². The van der Waals surface area contributed by atoms with E-state index >= 15 is 0 Å². The molecule has 0 amide bonds. The van der Waals surface area contributed by atoms with Crippen LogP contribution in [0.2, 0.25) is 0 Å². The summed E-state index contributed by atoms with van der Waals surface area (Å²) in [4.78, 5) is 2.31. The zero-order valence-electron chi connectivity index (χ0n) is 7.25. The largest absolute Gasteiger partial charge is 0.376 e. The minimum Gasteiger partial charge on any atom is -0.376 e. The zero-order valence-corrected chi connectivity index (χ0v) is 7.25. The van der Waals surface area contributed by atoms with Crippen molar-refractivity contribution in [3.8, 4) is 0 Å². The predicted molar refractivity (Wildman–Crippen MR) is 45.5 cm³/mol. The number of likely N-dealkylation sites (tertiary alicyclic amines) is 1. The monoisotopic (exact) mass is 158 g/mol. The molecule has 1 heterocycles. The lowest BCUT2D eigenvalue weighted by Gasteiger charge is -2.29. The molecule has 66 valence electrons. The predicted octanol–water partition coefficient (Wildman–Crippen LogP) is 0.0559. The average Bonchev–Trinajstić information content (AvgIpc) is 2.01. The molecule has 1 atom stereocenters. The van der Waals surface area contributed by atoms with Crippen molar-refractivity contribution in [2.75, 3.05) is 33.3 Å². The van der Waals surface area contributed by atoms with Gasteiger partial charge in [0.15, 0.2) is 0 Å². The molecular weight excluding hydrogens is 140 g/mol. The van der Waals surface area contributed by atoms with Crippen LogP contribution in [0.4, 0.5) is 0 Å². The lowest BCUT2D eigenvalue weighted by atomic mass is 10.1. The van der Waals surface area contributed by atoms with Crippen LogP contribution in [0.5, 0.6) is 0 Å². The van der Waals surface area contributed by atoms with Gasteiger partial charge in [-0.1, -0.05) is 0 Å². The summed E-state index contributed by atoms with van der Waals surface area (Å²) >= 11 is 0. The number of likely N-dealkylation sites (N-methyl/N-ethyl adjacent to an activating group) is 1. The van der Waals surface area contributed by atoms with Gasteiger partial charge in [-0.25, -0.2) is 0 Å². The molecule has 0 saturated carbocycles. The molecule has 0 aromatic carbocycles. The Hall–Kier alpha value is -0.120. The summed E-state index contributed by atoms with van der Waals surface area (Å²) in [5.74, 6) is 0. The van der Waals surface area contributed by atoms with Gasteiger partial charge in [0.05, 0.1) is 12.7 Å². The molecule has 1 rings (SSSR count). The van der Waals surface area contributed by atoms with Crippen LogP contribution < -0.4 is 5.73 Å². The second kappa shape index (κ2) is 4.70. The molecule has 1 fully saturated rings. The Morgan fingerprint density at radius 2 is 2.45 bits per heavy atom. The van der Waals surface area contributed by atoms with E-state index in [0.717, 1.165) is 6.54 Å². The van der Waals surface area contributed by atoms with Gasteiger partial charge in [-0.2, -0.15) is 0 Å². The normalized spacial score (nSPS) is 27.3. The fourth-order valence-electron chi connectivity index (χ4n) is 1.49. The highest BCUT2D eigenvalue weighted by molar-refractivity contribution is 4.70. The van der Waals surface area contributed by atoms with Crippen LogP contribution >= 0.6 is 0 Å². The van der Waals surface area contributed by atoms with E-state index in [2.05, 4.69) is 11.9 Å². The SMILES string of the molecule is CN1CCCC(OCCN)C1. The molecule has 1 aliphatic rings. The summed E-state index contributed by atoms with van der Waals surface area (Å²) in [6, 6.07) is 0. The topological polar surface area (TPSA) is 38.5 Å². The van der Waals surface area contributed by atoms with Gasteiger partial charge in [-0.15, -0.1) is 0 Å². The average molecular weight is 158 g/mol. The molecule has 0 radical (unpaired) electrons. The van der Waals surface area contributed by atoms with E-state index in [-0.39, 0.29) is 0 Å². The van der Waals surface area contributed by atoms with Crippen LogP contribution in [0, 0.1) is 0 Å². The van der Waals surface area contributed by atoms with Gasteiger partial charge in [-0.05, 0) is 26.4 Å². The zero-order chi connectivity index (χ0) is 8.10. The minimum absolute atomic E-state index is 0.428. The van der Waals surface area contributed by atoms with E-state index in [4.69, 9.17) is 10.5 Å². The van der Waals surface area contributed by atoms with Gasteiger partial charge in [0.25, 0.3) is 0 Å². The third-order valence-electron chi connectivity index (χ3n) is 2.05. The van der Waals surface area contributed by atoms with Crippen LogP contribution in [0.1, 0.15) is 12.8 Å². The molecule has 0 aliphatic carbocycles. The second-order valence-electron chi connectivity index (χ2n) is 3.19. The van der Waals surface area contributed by atoms with Crippen LogP contribution in [-0.2, 0) is 4.74 Å². The fourth-order valence-corrected chi connectivity index (χ4v) is 1.49. The van der Waals surface area contributed by atoms with Gasteiger partial charge in [0.1, 0.15) is 0 Å². The van der Waals surface area contributed by atoms with Crippen molar-refractivity contribution in [3.63, 3.8) is 0 Å². The molecule has 0 aromatic rings. The molecule has 0 spiro atoms. The highest BCUT2D eigenvalue weighted by Gasteiger charge is 2.16. The van der Waals surface area contributed by atoms with Crippen LogP contribution in [-0.4, -0.2) is 44.3 Å². The van der Waals surface area contributed by atoms with Gasteiger partial charge in [0.2, 0.25) is 0 Å². The Morgan fingerprint density at radius 1 is 1.64 bits per heavy atom. The first-order chi connectivity index (χ1) is 5.33. The van der Waals surface area contributed by atoms with E-state index in [1.165, 1.54) is 19.4 Å². The Bertz CT molecular complexity index is 108. The number of hydrogen-bond donors (Lipinski definition) is 1. The van der Waals surface area contributed by atoms with Gasteiger partial charge < -0.3 is 15.4 Å². The summed E-state index contributed by atoms with van der Waals surface area (Å²) in [5.41, 5.74) is 5.34. The number of hydrogen-bond acceptors (Lipinski definition) is 3. The first-order valence-corrected chi connectivity index (χ1v) is 4.33. The summed E-state index contributed by atoms with van der Waals surface area (Å²) in [7, 11) is 2.14. The van der Waals surface area contributed by atoms with E-state index in [1.54, 1.807) is 0 Å². The van der Waals surface area contributed by atoms with Crippen molar-refractivity contribution < 1.29 is 4.74 Å². The lowest BCUT2D eigenvalue weighted by molar-refractivity contribution is 0.0105. The molecule has 1 unspecified atom stereocenters. The first-order valence-electron chi connectivity index (χ1n) is 4.33. The van der Waals surface area contributed by atoms with Crippen molar-refractivity contribution >= 4 is 0 Å². The van der Waals surface area contributed by atoms with Gasteiger partial charge in [0, 0.05) is 13.1 Å². The molecule has 1 saturated heterocycles. The fraction of sp³-hybridized carbons (Fsp3) is 1.00. The number of nitrogens with two attached hydrogens (primary N) is 1. The number of piperidine rings is 1. The van der Waals surface area contributed by atoms with Crippen molar-refractivity contribution in [1.82, 2.24) is 4.90 Å². The lowest BCUT2D eigenvalue weighted by Crippen LogP contribution is -2.37. The molecule has 11 heavy (non-hydrogen) atoms. The summed E-state index contributed by atoms with van der Waals surface area (Å²) < 4.78 is 5.54. The first kappa shape index (κ1) is 8.97. The maximum absolute atomic E-state index is 5.54. The maximum Gasteiger partial charge on any atom is 0.0703 e. The third kappa shape index (κ3) is 3.18. The van der Waals surface area contributed by atoms with E-state index in [1.807, 2.05) is 0 Å². The van der Waals surface area contributed by atoms with Crippen molar-refractivity contribution in [1.29, 1.82) is 0 Å². The van der Waals surface area contributed by atoms with E-state index < -0.39 is 0 Å². The summed E-state index contributed by atoms with van der Waals surface area (Å²) in [6.45, 7) is 3.63. The Kier molecular flexibility index (Phi) is 3.83. The Balaban J connectivity index is 2.12. The standard InChI is InChI=1S/C8H18N2O/c1-10-5-2-3-8(7-10)11-6-4-9/h8H,2-7,9H2,1H3. The van der Waals surface area contributed by atoms with E-state index in [0.29, 0.717) is 19.3 Å². The summed E-state index contributed by atoms with van der Waals surface area (Å²) in [6.07, 6.45) is 2.88. The van der Waals surface area contributed by atoms with Crippen LogP contribution in [0.3, 0.4) is 0 Å². The molecule has 3 heteroatoms. The van der Waals surface area contributed by atoms with Crippen LogP contribution in [0.25, 0.3) is 0 Å². The number of ether oxygens (including phenoxy) is 1. The molecular formula is C8H18N2O. The summed E-state index contributed by atoms with van der Waals surface area (Å²) in [5, 5.41) is 0. The molecule has 2 N–H and O–H groups in total. The van der Waals surface area contributed by atoms with Crippen molar-refractivity contribution in [2.24, 2.45) is 5.73 Å². The van der Waals surface area contributed by atoms with Gasteiger partial charge >= 0.3 is 0 Å². The second-order valence-corrected chi connectivity index (χ2v) is 3.19. The highest BCUT2D eigenvalue weighted by atomic mass is 16.5. The minimum atomic E-state index is 0.428. The molecule has 0 bridgehead atoms. The molecule has 1 aliphatic heterocycles. The molecule has 3 nitrogen and oxygen atoms in total. The Labute approximate surface area is 68.5 Å².